The molecular formula is C17H15F2NO. The van der Waals surface area contributed by atoms with Crippen molar-refractivity contribution < 1.29 is 13.6 Å². The first-order chi connectivity index (χ1) is 10.1. The van der Waals surface area contributed by atoms with E-state index in [9.17, 15) is 13.6 Å². The fourth-order valence-corrected chi connectivity index (χ4v) is 2.67. The maximum atomic E-state index is 13.6. The van der Waals surface area contributed by atoms with Crippen molar-refractivity contribution in [3.63, 3.8) is 0 Å². The van der Waals surface area contributed by atoms with Crippen LogP contribution in [-0.4, -0.2) is 11.8 Å². The van der Waals surface area contributed by atoms with Crippen LogP contribution in [0.2, 0.25) is 0 Å². The van der Waals surface area contributed by atoms with Crippen molar-refractivity contribution in [3.8, 4) is 0 Å². The van der Waals surface area contributed by atoms with Crippen LogP contribution in [0.5, 0.6) is 0 Å². The minimum absolute atomic E-state index is 0.0938. The minimum Gasteiger partial charge on any atom is -0.303 e. The molecule has 2 nitrogen and oxygen atoms in total. The van der Waals surface area contributed by atoms with Gasteiger partial charge in [0.1, 0.15) is 11.6 Å². The largest absolute Gasteiger partial charge is 0.303 e. The predicted octanol–water partition coefficient (Wildman–Crippen LogP) is 2.79. The third-order valence-corrected chi connectivity index (χ3v) is 3.84. The molecule has 0 aromatic heterocycles. The highest BCUT2D eigenvalue weighted by molar-refractivity contribution is 5.86. The molecule has 2 aromatic carbocycles. The molecular weight excluding hydrogens is 272 g/mol. The quantitative estimate of drug-likeness (QED) is 0.940. The molecule has 1 aliphatic heterocycles. The van der Waals surface area contributed by atoms with Crippen molar-refractivity contribution in [2.24, 2.45) is 0 Å². The maximum Gasteiger partial charge on any atom is 0.154 e. The summed E-state index contributed by atoms with van der Waals surface area (Å²) < 4.78 is 26.7. The van der Waals surface area contributed by atoms with Gasteiger partial charge >= 0.3 is 0 Å². The Hall–Kier alpha value is -2.07. The maximum absolute atomic E-state index is 13.6. The smallest absolute Gasteiger partial charge is 0.154 e. The highest BCUT2D eigenvalue weighted by atomic mass is 19.1. The van der Waals surface area contributed by atoms with Crippen LogP contribution < -0.4 is 5.32 Å². The van der Waals surface area contributed by atoms with E-state index in [1.54, 1.807) is 0 Å². The lowest BCUT2D eigenvalue weighted by atomic mass is 9.91. The van der Waals surface area contributed by atoms with E-state index in [4.69, 9.17) is 0 Å². The summed E-state index contributed by atoms with van der Waals surface area (Å²) in [7, 11) is 0. The highest BCUT2D eigenvalue weighted by Gasteiger charge is 2.24. The summed E-state index contributed by atoms with van der Waals surface area (Å²) in [6.07, 6.45) is 0.495. The Balaban J connectivity index is 1.74. The summed E-state index contributed by atoms with van der Waals surface area (Å²) in [4.78, 5) is 12.3. The van der Waals surface area contributed by atoms with E-state index >= 15 is 0 Å². The molecule has 108 valence electrons. The average Bonchev–Trinajstić information content (AvgIpc) is 2.50. The van der Waals surface area contributed by atoms with Gasteiger partial charge in [-0.05, 0) is 41.3 Å². The number of fused-ring (bicyclic) bond motifs is 1. The molecule has 4 heteroatoms. The molecule has 0 spiro atoms. The molecule has 0 radical (unpaired) electrons. The molecule has 1 unspecified atom stereocenters. The summed E-state index contributed by atoms with van der Waals surface area (Å²) in [5.74, 6) is -1.18. The monoisotopic (exact) mass is 287 g/mol. The molecule has 0 fully saturated rings. The third kappa shape index (κ3) is 3.00. The molecule has 1 atom stereocenters. The molecule has 0 amide bonds. The first kappa shape index (κ1) is 13.9. The summed E-state index contributed by atoms with van der Waals surface area (Å²) >= 11 is 0. The Kier molecular flexibility index (Phi) is 3.80. The second-order valence-corrected chi connectivity index (χ2v) is 5.29. The Morgan fingerprint density at radius 1 is 1.14 bits per heavy atom. The molecule has 1 aliphatic rings. The number of hydrogen-bond donors (Lipinski definition) is 1. The van der Waals surface area contributed by atoms with Gasteiger partial charge in [0.05, 0.1) is 6.04 Å². The van der Waals surface area contributed by atoms with E-state index in [-0.39, 0.29) is 23.8 Å². The van der Waals surface area contributed by atoms with E-state index in [2.05, 4.69) is 5.32 Å². The lowest BCUT2D eigenvalue weighted by Crippen LogP contribution is -2.42. The van der Waals surface area contributed by atoms with Gasteiger partial charge in [-0.1, -0.05) is 24.3 Å². The first-order valence-corrected chi connectivity index (χ1v) is 6.90. The Morgan fingerprint density at radius 2 is 1.90 bits per heavy atom. The van der Waals surface area contributed by atoms with Gasteiger partial charge in [0.2, 0.25) is 0 Å². The summed E-state index contributed by atoms with van der Waals surface area (Å²) in [5, 5.41) is 3.16. The number of benzene rings is 2. The van der Waals surface area contributed by atoms with E-state index in [1.807, 2.05) is 24.3 Å². The van der Waals surface area contributed by atoms with Crippen molar-refractivity contribution in [3.05, 3.63) is 70.8 Å². The Bertz CT molecular complexity index is 684. The van der Waals surface area contributed by atoms with Gasteiger partial charge in [-0.3, -0.25) is 4.79 Å². The topological polar surface area (TPSA) is 29.1 Å². The zero-order valence-corrected chi connectivity index (χ0v) is 11.4. The van der Waals surface area contributed by atoms with Gasteiger partial charge in [0.25, 0.3) is 0 Å². The van der Waals surface area contributed by atoms with Crippen molar-refractivity contribution in [2.75, 3.05) is 0 Å². The van der Waals surface area contributed by atoms with Crippen LogP contribution in [0.1, 0.15) is 16.7 Å². The third-order valence-electron chi connectivity index (χ3n) is 3.84. The minimum atomic E-state index is -0.541. The Labute approximate surface area is 121 Å². The van der Waals surface area contributed by atoms with E-state index in [0.717, 1.165) is 23.8 Å². The highest BCUT2D eigenvalue weighted by Crippen LogP contribution is 2.18. The number of carbonyl (C=O) groups is 1. The number of ketones is 1. The lowest BCUT2D eigenvalue weighted by Gasteiger charge is -2.25. The van der Waals surface area contributed by atoms with Crippen molar-refractivity contribution in [1.29, 1.82) is 0 Å². The molecule has 1 heterocycles. The number of halogens is 2. The fraction of sp³-hybridized carbons (Fsp3) is 0.235. The molecule has 1 N–H and O–H groups in total. The van der Waals surface area contributed by atoms with E-state index in [1.165, 1.54) is 5.56 Å². The van der Waals surface area contributed by atoms with Gasteiger partial charge in [0.15, 0.2) is 5.78 Å². The molecule has 2 aromatic rings. The standard InChI is InChI=1S/C17H15F2NO/c18-14-5-6-15(19)13(7-14)9-17(21)16-8-11-3-1-2-4-12(11)10-20-16/h1-7,16,20H,8-10H2. The van der Waals surface area contributed by atoms with Crippen molar-refractivity contribution in [2.45, 2.75) is 25.4 Å². The molecule has 3 rings (SSSR count). The summed E-state index contributed by atoms with van der Waals surface area (Å²) in [6, 6.07) is 10.8. The van der Waals surface area contributed by atoms with Gasteiger partial charge in [-0.2, -0.15) is 0 Å². The SMILES string of the molecule is O=C(Cc1cc(F)ccc1F)C1Cc2ccccc2CN1. The van der Waals surface area contributed by atoms with Crippen LogP contribution in [0, 0.1) is 11.6 Å². The molecule has 0 aliphatic carbocycles. The van der Waals surface area contributed by atoms with Crippen LogP contribution in [0.4, 0.5) is 8.78 Å². The average molecular weight is 287 g/mol. The van der Waals surface area contributed by atoms with Gasteiger partial charge in [-0.15, -0.1) is 0 Å². The first-order valence-electron chi connectivity index (χ1n) is 6.90. The fourth-order valence-electron chi connectivity index (χ4n) is 2.67. The number of hydrogen-bond acceptors (Lipinski definition) is 2. The number of carbonyl (C=O) groups excluding carboxylic acids is 1. The molecule has 21 heavy (non-hydrogen) atoms. The summed E-state index contributed by atoms with van der Waals surface area (Å²) in [5.41, 5.74) is 2.42. The number of Topliss-reactive ketones (excluding diaryl/α,β-unsaturated/α-hetero) is 1. The zero-order chi connectivity index (χ0) is 14.8. The normalized spacial score (nSPS) is 17.3. The van der Waals surface area contributed by atoms with Crippen LogP contribution >= 0.6 is 0 Å². The second kappa shape index (κ2) is 5.74. The van der Waals surface area contributed by atoms with Crippen LogP contribution in [-0.2, 0) is 24.2 Å². The molecule has 0 saturated heterocycles. The van der Waals surface area contributed by atoms with Crippen LogP contribution in [0.15, 0.2) is 42.5 Å². The van der Waals surface area contributed by atoms with Gasteiger partial charge in [0, 0.05) is 13.0 Å². The molecule has 0 bridgehead atoms. The molecule has 0 saturated carbocycles. The van der Waals surface area contributed by atoms with Crippen LogP contribution in [0.25, 0.3) is 0 Å². The predicted molar refractivity (Wildman–Crippen MR) is 75.8 cm³/mol. The number of nitrogens with one attached hydrogen (secondary N) is 1. The summed E-state index contributed by atoms with van der Waals surface area (Å²) in [6.45, 7) is 0.623. The number of rotatable bonds is 3. The lowest BCUT2D eigenvalue weighted by molar-refractivity contribution is -0.120. The van der Waals surface area contributed by atoms with E-state index in [0.29, 0.717) is 13.0 Å². The van der Waals surface area contributed by atoms with Crippen molar-refractivity contribution in [1.82, 2.24) is 5.32 Å². The zero-order valence-electron chi connectivity index (χ0n) is 11.4. The van der Waals surface area contributed by atoms with E-state index < -0.39 is 11.6 Å². The Morgan fingerprint density at radius 3 is 2.71 bits per heavy atom. The second-order valence-electron chi connectivity index (χ2n) is 5.29. The van der Waals surface area contributed by atoms with Crippen LogP contribution in [0.3, 0.4) is 0 Å². The van der Waals surface area contributed by atoms with Gasteiger partial charge in [-0.25, -0.2) is 8.78 Å². The van der Waals surface area contributed by atoms with Crippen molar-refractivity contribution >= 4 is 5.78 Å². The van der Waals surface area contributed by atoms with Gasteiger partial charge < -0.3 is 5.32 Å².